The van der Waals surface area contributed by atoms with Crippen molar-refractivity contribution in [3.05, 3.63) is 24.0 Å². The van der Waals surface area contributed by atoms with E-state index >= 15 is 0 Å². The van der Waals surface area contributed by atoms with Gasteiger partial charge in [0.2, 0.25) is 0 Å². The summed E-state index contributed by atoms with van der Waals surface area (Å²) in [7, 11) is 0. The Morgan fingerprint density at radius 2 is 2.17 bits per heavy atom. The van der Waals surface area contributed by atoms with Crippen LogP contribution in [-0.4, -0.2) is 16.7 Å². The SMILES string of the molecule is CC[C@H](NC(=O)OC(C)(C)C)c1cncc(N)c1. The minimum absolute atomic E-state index is 0.143. The highest BCUT2D eigenvalue weighted by Gasteiger charge is 2.19. The smallest absolute Gasteiger partial charge is 0.408 e. The van der Waals surface area contributed by atoms with Gasteiger partial charge >= 0.3 is 6.09 Å². The molecule has 1 heterocycles. The molecule has 0 saturated heterocycles. The zero-order valence-corrected chi connectivity index (χ0v) is 11.4. The first-order valence-corrected chi connectivity index (χ1v) is 6.01. The van der Waals surface area contributed by atoms with Crippen molar-refractivity contribution in [2.75, 3.05) is 5.73 Å². The maximum absolute atomic E-state index is 11.7. The molecule has 0 aromatic carbocycles. The minimum Gasteiger partial charge on any atom is -0.444 e. The Kier molecular flexibility index (Phi) is 4.53. The van der Waals surface area contributed by atoms with Gasteiger partial charge in [0.05, 0.1) is 11.7 Å². The molecule has 5 heteroatoms. The van der Waals surface area contributed by atoms with Crippen LogP contribution in [0.2, 0.25) is 0 Å². The topological polar surface area (TPSA) is 77.2 Å². The highest BCUT2D eigenvalue weighted by molar-refractivity contribution is 5.68. The number of hydrogen-bond acceptors (Lipinski definition) is 4. The molecule has 3 N–H and O–H groups in total. The van der Waals surface area contributed by atoms with Crippen molar-refractivity contribution < 1.29 is 9.53 Å². The van der Waals surface area contributed by atoms with E-state index in [2.05, 4.69) is 10.3 Å². The molecule has 0 radical (unpaired) electrons. The Balaban J connectivity index is 2.71. The summed E-state index contributed by atoms with van der Waals surface area (Å²) in [4.78, 5) is 15.7. The molecule has 1 aromatic heterocycles. The summed E-state index contributed by atoms with van der Waals surface area (Å²) in [6.45, 7) is 7.46. The predicted molar refractivity (Wildman–Crippen MR) is 71.1 cm³/mol. The van der Waals surface area contributed by atoms with E-state index in [-0.39, 0.29) is 6.04 Å². The van der Waals surface area contributed by atoms with E-state index in [1.807, 2.05) is 27.7 Å². The third-order valence-corrected chi connectivity index (χ3v) is 2.28. The summed E-state index contributed by atoms with van der Waals surface area (Å²) in [6, 6.07) is 1.66. The van der Waals surface area contributed by atoms with E-state index in [0.717, 1.165) is 12.0 Å². The lowest BCUT2D eigenvalue weighted by atomic mass is 10.1. The average Bonchev–Trinajstić information content (AvgIpc) is 2.23. The lowest BCUT2D eigenvalue weighted by Gasteiger charge is -2.23. The number of carbonyl (C=O) groups excluding carboxylic acids is 1. The van der Waals surface area contributed by atoms with Crippen LogP contribution in [0.4, 0.5) is 10.5 Å². The normalized spacial score (nSPS) is 12.9. The molecule has 0 fully saturated rings. The summed E-state index contributed by atoms with van der Waals surface area (Å²) in [5.41, 5.74) is 6.63. The van der Waals surface area contributed by atoms with Crippen LogP contribution in [0.25, 0.3) is 0 Å². The highest BCUT2D eigenvalue weighted by atomic mass is 16.6. The molecule has 0 unspecified atom stereocenters. The van der Waals surface area contributed by atoms with Gasteiger partial charge in [0.15, 0.2) is 0 Å². The molecule has 1 amide bonds. The van der Waals surface area contributed by atoms with Crippen LogP contribution in [0, 0.1) is 0 Å². The van der Waals surface area contributed by atoms with Gasteiger partial charge in [-0.1, -0.05) is 6.92 Å². The number of nitrogens with one attached hydrogen (secondary N) is 1. The second-order valence-electron chi connectivity index (χ2n) is 5.16. The molecule has 100 valence electrons. The number of nitrogen functional groups attached to an aromatic ring is 1. The van der Waals surface area contributed by atoms with Crippen LogP contribution in [0.3, 0.4) is 0 Å². The maximum atomic E-state index is 11.7. The third-order valence-electron chi connectivity index (χ3n) is 2.28. The number of pyridine rings is 1. The molecule has 0 aliphatic heterocycles. The van der Waals surface area contributed by atoms with Gasteiger partial charge in [-0.3, -0.25) is 4.98 Å². The number of hydrogen-bond donors (Lipinski definition) is 2. The molecular formula is C13H21N3O2. The monoisotopic (exact) mass is 251 g/mol. The number of rotatable bonds is 3. The van der Waals surface area contributed by atoms with Gasteiger partial charge in [0.25, 0.3) is 0 Å². The lowest BCUT2D eigenvalue weighted by Crippen LogP contribution is -2.34. The first kappa shape index (κ1) is 14.3. The summed E-state index contributed by atoms with van der Waals surface area (Å²) < 4.78 is 5.22. The molecule has 18 heavy (non-hydrogen) atoms. The molecule has 0 saturated carbocycles. The zero-order chi connectivity index (χ0) is 13.8. The standard InChI is InChI=1S/C13H21N3O2/c1-5-11(9-6-10(14)8-15-7-9)16-12(17)18-13(2,3)4/h6-8,11H,5,14H2,1-4H3,(H,16,17)/t11-/m0/s1. The Hall–Kier alpha value is -1.78. The quantitative estimate of drug-likeness (QED) is 0.865. The van der Waals surface area contributed by atoms with E-state index < -0.39 is 11.7 Å². The number of carbonyl (C=O) groups is 1. The highest BCUT2D eigenvalue weighted by Crippen LogP contribution is 2.18. The van der Waals surface area contributed by atoms with E-state index in [0.29, 0.717) is 5.69 Å². The summed E-state index contributed by atoms with van der Waals surface area (Å²) in [6.07, 6.45) is 3.58. The van der Waals surface area contributed by atoms with E-state index in [1.165, 1.54) is 0 Å². The van der Waals surface area contributed by atoms with E-state index in [9.17, 15) is 4.79 Å². The number of nitrogens with zero attached hydrogens (tertiary/aromatic N) is 1. The van der Waals surface area contributed by atoms with Gasteiger partial charge in [-0.25, -0.2) is 4.79 Å². The van der Waals surface area contributed by atoms with Gasteiger partial charge in [-0.15, -0.1) is 0 Å². The molecule has 1 rings (SSSR count). The van der Waals surface area contributed by atoms with Gasteiger partial charge in [0.1, 0.15) is 5.60 Å². The molecule has 5 nitrogen and oxygen atoms in total. The fourth-order valence-electron chi connectivity index (χ4n) is 1.54. The first-order chi connectivity index (χ1) is 8.31. The van der Waals surface area contributed by atoms with Gasteiger partial charge in [-0.2, -0.15) is 0 Å². The van der Waals surface area contributed by atoms with Crippen LogP contribution >= 0.6 is 0 Å². The minimum atomic E-state index is -0.504. The van der Waals surface area contributed by atoms with Crippen molar-refractivity contribution in [1.29, 1.82) is 0 Å². The first-order valence-electron chi connectivity index (χ1n) is 6.01. The van der Waals surface area contributed by atoms with Gasteiger partial charge in [-0.05, 0) is 38.8 Å². The molecule has 0 aliphatic rings. The van der Waals surface area contributed by atoms with Crippen molar-refractivity contribution in [2.24, 2.45) is 0 Å². The summed E-state index contributed by atoms with van der Waals surface area (Å²) in [5, 5.41) is 2.81. The van der Waals surface area contributed by atoms with Crippen LogP contribution in [0.5, 0.6) is 0 Å². The van der Waals surface area contributed by atoms with Gasteiger partial charge < -0.3 is 15.8 Å². The molecule has 0 spiro atoms. The zero-order valence-electron chi connectivity index (χ0n) is 11.4. The molecule has 0 aliphatic carbocycles. The Bertz CT molecular complexity index is 413. The average molecular weight is 251 g/mol. The summed E-state index contributed by atoms with van der Waals surface area (Å²) >= 11 is 0. The van der Waals surface area contributed by atoms with Crippen molar-refractivity contribution in [3.8, 4) is 0 Å². The van der Waals surface area contributed by atoms with Crippen LogP contribution in [-0.2, 0) is 4.74 Å². The van der Waals surface area contributed by atoms with Crippen molar-refractivity contribution in [1.82, 2.24) is 10.3 Å². The number of anilines is 1. The van der Waals surface area contributed by atoms with Crippen LogP contribution in [0.1, 0.15) is 45.7 Å². The largest absolute Gasteiger partial charge is 0.444 e. The second kappa shape index (κ2) is 5.71. The van der Waals surface area contributed by atoms with E-state index in [1.54, 1.807) is 18.5 Å². The summed E-state index contributed by atoms with van der Waals surface area (Å²) in [5.74, 6) is 0. The van der Waals surface area contributed by atoms with Crippen LogP contribution in [0.15, 0.2) is 18.5 Å². The third kappa shape index (κ3) is 4.61. The van der Waals surface area contributed by atoms with Crippen molar-refractivity contribution in [2.45, 2.75) is 45.8 Å². The maximum Gasteiger partial charge on any atom is 0.408 e. The molecule has 0 bridgehead atoms. The second-order valence-corrected chi connectivity index (χ2v) is 5.16. The number of nitrogens with two attached hydrogens (primary N) is 1. The predicted octanol–water partition coefficient (Wildman–Crippen LogP) is 2.64. The fraction of sp³-hybridized carbons (Fsp3) is 0.538. The van der Waals surface area contributed by atoms with E-state index in [4.69, 9.17) is 10.5 Å². The van der Waals surface area contributed by atoms with Crippen molar-refractivity contribution >= 4 is 11.8 Å². The Labute approximate surface area is 108 Å². The fourth-order valence-corrected chi connectivity index (χ4v) is 1.54. The van der Waals surface area contributed by atoms with Gasteiger partial charge in [0, 0.05) is 12.4 Å². The molecular weight excluding hydrogens is 230 g/mol. The van der Waals surface area contributed by atoms with Crippen molar-refractivity contribution in [3.63, 3.8) is 0 Å². The number of amides is 1. The number of ether oxygens (including phenoxy) is 1. The molecule has 1 aromatic rings. The lowest BCUT2D eigenvalue weighted by molar-refractivity contribution is 0.0502. The molecule has 1 atom stereocenters. The Morgan fingerprint density at radius 3 is 2.67 bits per heavy atom. The van der Waals surface area contributed by atoms with Crippen LogP contribution < -0.4 is 11.1 Å². The number of alkyl carbamates (subject to hydrolysis) is 1. The Morgan fingerprint density at radius 1 is 1.50 bits per heavy atom. The number of aromatic nitrogens is 1.